The van der Waals surface area contributed by atoms with Crippen molar-refractivity contribution in [3.63, 3.8) is 0 Å². The smallest absolute Gasteiger partial charge is 0.0546 e. The lowest BCUT2D eigenvalue weighted by atomic mass is 9.82. The molecule has 0 spiro atoms. The van der Waals surface area contributed by atoms with Crippen LogP contribution < -0.4 is 4.90 Å². The van der Waals surface area contributed by atoms with E-state index >= 15 is 0 Å². The summed E-state index contributed by atoms with van der Waals surface area (Å²) in [6, 6.07) is 67.9. The van der Waals surface area contributed by atoms with Crippen LogP contribution in [0.3, 0.4) is 0 Å². The van der Waals surface area contributed by atoms with Crippen molar-refractivity contribution in [3.05, 3.63) is 199 Å². The van der Waals surface area contributed by atoms with Crippen LogP contribution in [0.25, 0.3) is 65.7 Å². The van der Waals surface area contributed by atoms with Crippen molar-refractivity contribution in [2.75, 3.05) is 4.90 Å². The van der Waals surface area contributed by atoms with E-state index in [9.17, 15) is 0 Å². The van der Waals surface area contributed by atoms with Crippen LogP contribution in [0.1, 0.15) is 51.3 Å². The van der Waals surface area contributed by atoms with Crippen LogP contribution in [0.5, 0.6) is 0 Å². The van der Waals surface area contributed by atoms with Gasteiger partial charge in [-0.1, -0.05) is 174 Å². The van der Waals surface area contributed by atoms with Gasteiger partial charge in [-0.15, -0.1) is 0 Å². The molecule has 0 N–H and O–H groups in total. The molecule has 9 aromatic carbocycles. The summed E-state index contributed by atoms with van der Waals surface area (Å²) in [6.45, 7) is 11.7. The first-order valence-corrected chi connectivity index (χ1v) is 19.8. The lowest BCUT2D eigenvalue weighted by Gasteiger charge is -2.32. The van der Waals surface area contributed by atoms with Gasteiger partial charge in [0.1, 0.15) is 0 Å². The van der Waals surface area contributed by atoms with E-state index in [0.717, 1.165) is 17.1 Å². The molecule has 56 heavy (non-hydrogen) atoms. The van der Waals surface area contributed by atoms with E-state index in [4.69, 9.17) is 0 Å². The predicted octanol–water partition coefficient (Wildman–Crippen LogP) is 15.6. The molecule has 0 saturated heterocycles. The van der Waals surface area contributed by atoms with Crippen molar-refractivity contribution in [2.45, 2.75) is 45.4 Å². The number of hydrogen-bond acceptors (Lipinski definition) is 1. The fourth-order valence-electron chi connectivity index (χ4n) is 9.19. The van der Waals surface area contributed by atoms with Crippen molar-refractivity contribution in [1.29, 1.82) is 0 Å². The Bertz CT molecular complexity index is 2970. The maximum atomic E-state index is 2.55. The highest BCUT2D eigenvalue weighted by atomic mass is 15.1. The molecule has 1 heteroatoms. The van der Waals surface area contributed by atoms with Crippen LogP contribution >= 0.6 is 0 Å². The molecule has 1 aliphatic rings. The Morgan fingerprint density at radius 1 is 0.411 bits per heavy atom. The molecule has 270 valence electrons. The van der Waals surface area contributed by atoms with Gasteiger partial charge in [0, 0.05) is 22.2 Å². The number of anilines is 3. The molecule has 0 aromatic heterocycles. The molecule has 0 atom stereocenters. The Balaban J connectivity index is 1.32. The number of nitrogens with zero attached hydrogens (tertiary/aromatic N) is 1. The number of hydrogen-bond donors (Lipinski definition) is 0. The third kappa shape index (κ3) is 5.45. The van der Waals surface area contributed by atoms with Gasteiger partial charge in [-0.25, -0.2) is 0 Å². The highest BCUT2D eigenvalue weighted by Crippen LogP contribution is 2.54. The van der Waals surface area contributed by atoms with Crippen LogP contribution in [-0.4, -0.2) is 0 Å². The van der Waals surface area contributed by atoms with Gasteiger partial charge in [-0.3, -0.25) is 0 Å². The first-order chi connectivity index (χ1) is 27.2. The molecule has 0 bridgehead atoms. The van der Waals surface area contributed by atoms with Gasteiger partial charge < -0.3 is 4.90 Å². The summed E-state index contributed by atoms with van der Waals surface area (Å²) in [5.74, 6) is 0. The largest absolute Gasteiger partial charge is 0.309 e. The van der Waals surface area contributed by atoms with Gasteiger partial charge in [0.2, 0.25) is 0 Å². The lowest BCUT2D eigenvalue weighted by molar-refractivity contribution is 0.590. The van der Waals surface area contributed by atoms with Gasteiger partial charge in [0.25, 0.3) is 0 Å². The van der Waals surface area contributed by atoms with Crippen LogP contribution in [-0.2, 0) is 10.8 Å². The minimum absolute atomic E-state index is 0.0183. The molecule has 0 saturated carbocycles. The third-order valence-corrected chi connectivity index (χ3v) is 12.2. The predicted molar refractivity (Wildman–Crippen MR) is 241 cm³/mol. The molecular weight excluding hydrogens is 675 g/mol. The molecule has 1 nitrogen and oxygen atoms in total. The Hall–Kier alpha value is -6.44. The maximum Gasteiger partial charge on any atom is 0.0546 e. The van der Waals surface area contributed by atoms with E-state index < -0.39 is 0 Å². The number of fused-ring (bicyclic) bond motifs is 6. The normalized spacial score (nSPS) is 13.2. The second kappa shape index (κ2) is 12.8. The lowest BCUT2D eigenvalue weighted by Crippen LogP contribution is -2.17. The summed E-state index contributed by atoms with van der Waals surface area (Å²) >= 11 is 0. The Morgan fingerprint density at radius 3 is 1.77 bits per heavy atom. The molecular formula is C55H45N. The molecule has 1 aliphatic carbocycles. The van der Waals surface area contributed by atoms with Crippen LogP contribution in [0.4, 0.5) is 17.1 Å². The Morgan fingerprint density at radius 2 is 1.02 bits per heavy atom. The van der Waals surface area contributed by atoms with E-state index in [-0.39, 0.29) is 10.8 Å². The van der Waals surface area contributed by atoms with E-state index in [2.05, 4.69) is 222 Å². The van der Waals surface area contributed by atoms with Crippen LogP contribution in [0.2, 0.25) is 0 Å². The molecule has 0 radical (unpaired) electrons. The van der Waals surface area contributed by atoms with Gasteiger partial charge in [0.05, 0.1) is 11.4 Å². The van der Waals surface area contributed by atoms with Crippen LogP contribution in [0, 0.1) is 0 Å². The summed E-state index contributed by atoms with van der Waals surface area (Å²) in [5.41, 5.74) is 14.8. The average Bonchev–Trinajstić information content (AvgIpc) is 3.44. The quantitative estimate of drug-likeness (QED) is 0.171. The van der Waals surface area contributed by atoms with Gasteiger partial charge >= 0.3 is 0 Å². The molecule has 0 unspecified atom stereocenters. The van der Waals surface area contributed by atoms with Crippen molar-refractivity contribution in [1.82, 2.24) is 0 Å². The third-order valence-electron chi connectivity index (χ3n) is 12.2. The summed E-state index contributed by atoms with van der Waals surface area (Å²) in [5, 5.41) is 7.50. The Labute approximate surface area is 330 Å². The molecule has 0 aliphatic heterocycles. The monoisotopic (exact) mass is 719 g/mol. The Kier molecular flexibility index (Phi) is 7.80. The van der Waals surface area contributed by atoms with Gasteiger partial charge in [-0.05, 0) is 119 Å². The van der Waals surface area contributed by atoms with E-state index in [1.807, 2.05) is 0 Å². The fourth-order valence-corrected chi connectivity index (χ4v) is 9.19. The standard InChI is InChI=1S/C55H45N/c1-54(2,3)41-27-31-51(46(34-41)37-16-7-6-8-17-37)56(42-28-29-49-48(35-42)47-32-39-20-9-10-21-40(39)33-50(47)55(49,4)5)52-30-26-38-19-12-14-24-44(38)53(52)45-25-15-22-36-18-11-13-23-43(36)45/h6-35H,1-5H3. The number of rotatable bonds is 5. The molecule has 0 heterocycles. The van der Waals surface area contributed by atoms with Crippen molar-refractivity contribution < 1.29 is 0 Å². The number of benzene rings is 9. The van der Waals surface area contributed by atoms with Crippen molar-refractivity contribution in [3.8, 4) is 33.4 Å². The zero-order valence-corrected chi connectivity index (χ0v) is 32.8. The summed E-state index contributed by atoms with van der Waals surface area (Å²) in [7, 11) is 0. The van der Waals surface area contributed by atoms with E-state index in [1.165, 1.54) is 82.4 Å². The SMILES string of the molecule is CC(C)(C)c1ccc(N(c2ccc3c(c2)-c2cc4ccccc4cc2C3(C)C)c2ccc3ccccc3c2-c2cccc3ccccc23)c(-c2ccccc2)c1. The van der Waals surface area contributed by atoms with Gasteiger partial charge in [-0.2, -0.15) is 0 Å². The van der Waals surface area contributed by atoms with E-state index in [0.29, 0.717) is 0 Å². The van der Waals surface area contributed by atoms with Crippen molar-refractivity contribution >= 4 is 49.4 Å². The highest BCUT2D eigenvalue weighted by Gasteiger charge is 2.36. The molecule has 9 aromatic rings. The summed E-state index contributed by atoms with van der Waals surface area (Å²) < 4.78 is 0. The van der Waals surface area contributed by atoms with Gasteiger partial charge in [0.15, 0.2) is 0 Å². The molecule has 10 rings (SSSR count). The molecule has 0 fully saturated rings. The second-order valence-corrected chi connectivity index (χ2v) is 17.0. The summed E-state index contributed by atoms with van der Waals surface area (Å²) in [4.78, 5) is 2.55. The fraction of sp³-hybridized carbons (Fsp3) is 0.127. The van der Waals surface area contributed by atoms with E-state index in [1.54, 1.807) is 0 Å². The first-order valence-electron chi connectivity index (χ1n) is 19.8. The minimum atomic E-state index is -0.126. The highest BCUT2D eigenvalue weighted by molar-refractivity contribution is 6.12. The first kappa shape index (κ1) is 34.1. The summed E-state index contributed by atoms with van der Waals surface area (Å²) in [6.07, 6.45) is 0. The zero-order chi connectivity index (χ0) is 38.2. The second-order valence-electron chi connectivity index (χ2n) is 17.0. The molecule has 0 amide bonds. The average molecular weight is 720 g/mol. The van der Waals surface area contributed by atoms with Crippen molar-refractivity contribution in [2.24, 2.45) is 0 Å². The van der Waals surface area contributed by atoms with Crippen LogP contribution in [0.15, 0.2) is 182 Å². The minimum Gasteiger partial charge on any atom is -0.309 e. The maximum absolute atomic E-state index is 2.55. The zero-order valence-electron chi connectivity index (χ0n) is 32.8. The topological polar surface area (TPSA) is 3.24 Å².